The third kappa shape index (κ3) is 2.42. The van der Waals surface area contributed by atoms with E-state index < -0.39 is 0 Å². The molecule has 1 N–H and O–H groups in total. The maximum Gasteiger partial charge on any atom is 0.124 e. The predicted molar refractivity (Wildman–Crippen MR) is 56.3 cm³/mol. The topological polar surface area (TPSA) is 37.3 Å². The Morgan fingerprint density at radius 1 is 1.29 bits per heavy atom. The lowest BCUT2D eigenvalue weighted by Gasteiger charge is -2.22. The summed E-state index contributed by atoms with van der Waals surface area (Å²) < 4.78 is 0. The van der Waals surface area contributed by atoms with Crippen molar-refractivity contribution in [2.75, 3.05) is 6.61 Å². The molecular weight excluding hydrogens is 176 g/mol. The molecule has 0 amide bonds. The van der Waals surface area contributed by atoms with Gasteiger partial charge in [-0.25, -0.2) is 0 Å². The summed E-state index contributed by atoms with van der Waals surface area (Å²) in [5, 5.41) is 9.16. The molecule has 0 saturated carbocycles. The van der Waals surface area contributed by atoms with Crippen LogP contribution in [0.1, 0.15) is 25.0 Å². The molecule has 1 aromatic carbocycles. The molecule has 0 fully saturated rings. The van der Waals surface area contributed by atoms with Crippen LogP contribution in [0, 0.1) is 0 Å². The number of hydrogen-bond acceptors (Lipinski definition) is 2. The molecule has 0 unspecified atom stereocenters. The largest absolute Gasteiger partial charge is 0.395 e. The number of aliphatic hydroxyl groups excluding tert-OH is 1. The van der Waals surface area contributed by atoms with Crippen LogP contribution in [0.4, 0.5) is 0 Å². The molecule has 0 atom stereocenters. The fourth-order valence-corrected chi connectivity index (χ4v) is 1.28. The van der Waals surface area contributed by atoms with Crippen LogP contribution in [-0.2, 0) is 16.6 Å². The molecule has 0 radical (unpaired) electrons. The van der Waals surface area contributed by atoms with Crippen molar-refractivity contribution in [2.45, 2.75) is 25.7 Å². The molecule has 2 nitrogen and oxygen atoms in total. The van der Waals surface area contributed by atoms with Gasteiger partial charge < -0.3 is 9.90 Å². The van der Waals surface area contributed by atoms with Crippen molar-refractivity contribution in [1.82, 2.24) is 0 Å². The number of aldehydes is 1. The van der Waals surface area contributed by atoms with E-state index in [-0.39, 0.29) is 12.0 Å². The van der Waals surface area contributed by atoms with Crippen LogP contribution in [0.15, 0.2) is 24.3 Å². The van der Waals surface area contributed by atoms with E-state index in [2.05, 4.69) is 0 Å². The smallest absolute Gasteiger partial charge is 0.124 e. The lowest BCUT2D eigenvalue weighted by molar-refractivity contribution is -0.107. The first-order valence-corrected chi connectivity index (χ1v) is 4.74. The molecule has 0 aliphatic carbocycles. The molecule has 0 aliphatic rings. The predicted octanol–water partition coefficient (Wildman–Crippen LogP) is 1.70. The Morgan fingerprint density at radius 2 is 1.86 bits per heavy atom. The van der Waals surface area contributed by atoms with E-state index in [1.165, 1.54) is 0 Å². The molecule has 14 heavy (non-hydrogen) atoms. The summed E-state index contributed by atoms with van der Waals surface area (Å²) in [4.78, 5) is 10.3. The van der Waals surface area contributed by atoms with E-state index in [1.54, 1.807) is 0 Å². The Bertz CT molecular complexity index is 299. The molecule has 2 heteroatoms. The van der Waals surface area contributed by atoms with Gasteiger partial charge in [-0.05, 0) is 11.1 Å². The minimum atomic E-state index is -0.209. The zero-order valence-corrected chi connectivity index (χ0v) is 8.66. The van der Waals surface area contributed by atoms with Gasteiger partial charge in [0.25, 0.3) is 0 Å². The molecule has 0 spiro atoms. The first-order chi connectivity index (χ1) is 6.60. The zero-order valence-electron chi connectivity index (χ0n) is 8.66. The van der Waals surface area contributed by atoms with Gasteiger partial charge >= 0.3 is 0 Å². The third-order valence-corrected chi connectivity index (χ3v) is 2.45. The lowest BCUT2D eigenvalue weighted by atomic mass is 9.85. The number of carbonyl (C=O) groups excluding carboxylic acids is 1. The summed E-state index contributed by atoms with van der Waals surface area (Å²) in [5.74, 6) is 0. The SMILES string of the molecule is CC(C)(CO)c1ccc(CC=O)cc1. The Hall–Kier alpha value is -1.15. The summed E-state index contributed by atoms with van der Waals surface area (Å²) in [5.41, 5.74) is 1.90. The van der Waals surface area contributed by atoms with E-state index in [0.29, 0.717) is 6.42 Å². The summed E-state index contributed by atoms with van der Waals surface area (Å²) in [6.45, 7) is 4.10. The molecule has 0 heterocycles. The van der Waals surface area contributed by atoms with Crippen LogP contribution in [0.3, 0.4) is 0 Å². The molecule has 1 rings (SSSR count). The number of hydrogen-bond donors (Lipinski definition) is 1. The average molecular weight is 192 g/mol. The second kappa shape index (κ2) is 4.38. The van der Waals surface area contributed by atoms with Crippen molar-refractivity contribution in [3.8, 4) is 0 Å². The first-order valence-electron chi connectivity index (χ1n) is 4.74. The number of carbonyl (C=O) groups is 1. The molecule has 0 bridgehead atoms. The van der Waals surface area contributed by atoms with Crippen molar-refractivity contribution >= 4 is 6.29 Å². The number of rotatable bonds is 4. The molecule has 0 aromatic heterocycles. The van der Waals surface area contributed by atoms with Crippen LogP contribution in [0.5, 0.6) is 0 Å². The van der Waals surface area contributed by atoms with Gasteiger partial charge in [-0.2, -0.15) is 0 Å². The summed E-state index contributed by atoms with van der Waals surface area (Å²) in [7, 11) is 0. The normalized spacial score (nSPS) is 11.4. The third-order valence-electron chi connectivity index (χ3n) is 2.45. The van der Waals surface area contributed by atoms with Crippen molar-refractivity contribution in [3.05, 3.63) is 35.4 Å². The van der Waals surface area contributed by atoms with E-state index in [9.17, 15) is 4.79 Å². The van der Waals surface area contributed by atoms with Gasteiger partial charge in [0.05, 0.1) is 6.61 Å². The van der Waals surface area contributed by atoms with Crippen LogP contribution >= 0.6 is 0 Å². The van der Waals surface area contributed by atoms with Crippen molar-refractivity contribution < 1.29 is 9.90 Å². The quantitative estimate of drug-likeness (QED) is 0.737. The van der Waals surface area contributed by atoms with Gasteiger partial charge in [-0.1, -0.05) is 38.1 Å². The van der Waals surface area contributed by atoms with Gasteiger partial charge in [-0.15, -0.1) is 0 Å². The average Bonchev–Trinajstić information content (AvgIpc) is 2.19. The lowest BCUT2D eigenvalue weighted by Crippen LogP contribution is -2.21. The van der Waals surface area contributed by atoms with Gasteiger partial charge in [0.15, 0.2) is 0 Å². The van der Waals surface area contributed by atoms with E-state index in [0.717, 1.165) is 17.4 Å². The van der Waals surface area contributed by atoms with Crippen molar-refractivity contribution in [3.63, 3.8) is 0 Å². The Balaban J connectivity index is 2.87. The second-order valence-electron chi connectivity index (χ2n) is 4.11. The van der Waals surface area contributed by atoms with Crippen LogP contribution < -0.4 is 0 Å². The van der Waals surface area contributed by atoms with E-state index in [1.807, 2.05) is 38.1 Å². The fraction of sp³-hybridized carbons (Fsp3) is 0.417. The first kappa shape index (κ1) is 10.9. The minimum absolute atomic E-state index is 0.125. The molecule has 1 aromatic rings. The highest BCUT2D eigenvalue weighted by Gasteiger charge is 2.18. The van der Waals surface area contributed by atoms with Gasteiger partial charge in [0, 0.05) is 11.8 Å². The monoisotopic (exact) mass is 192 g/mol. The highest BCUT2D eigenvalue weighted by molar-refractivity contribution is 5.55. The minimum Gasteiger partial charge on any atom is -0.395 e. The molecule has 0 saturated heterocycles. The maximum absolute atomic E-state index is 10.3. The number of benzene rings is 1. The second-order valence-corrected chi connectivity index (χ2v) is 4.11. The Labute approximate surface area is 84.6 Å². The van der Waals surface area contributed by atoms with Crippen molar-refractivity contribution in [1.29, 1.82) is 0 Å². The molecule has 0 aliphatic heterocycles. The van der Waals surface area contributed by atoms with Crippen LogP contribution in [0.25, 0.3) is 0 Å². The highest BCUT2D eigenvalue weighted by Crippen LogP contribution is 2.22. The Morgan fingerprint density at radius 3 is 2.29 bits per heavy atom. The highest BCUT2D eigenvalue weighted by atomic mass is 16.3. The van der Waals surface area contributed by atoms with Gasteiger partial charge in [0.2, 0.25) is 0 Å². The molecular formula is C12H16O2. The Kier molecular flexibility index (Phi) is 3.42. The summed E-state index contributed by atoms with van der Waals surface area (Å²) >= 11 is 0. The van der Waals surface area contributed by atoms with E-state index in [4.69, 9.17) is 5.11 Å². The van der Waals surface area contributed by atoms with Crippen LogP contribution in [-0.4, -0.2) is 18.0 Å². The molecule has 76 valence electrons. The number of aliphatic hydroxyl groups is 1. The standard InChI is InChI=1S/C12H16O2/c1-12(2,9-14)11-5-3-10(4-6-11)7-8-13/h3-6,8,14H,7,9H2,1-2H3. The summed E-state index contributed by atoms with van der Waals surface area (Å²) in [6.07, 6.45) is 1.35. The maximum atomic E-state index is 10.3. The fourth-order valence-electron chi connectivity index (χ4n) is 1.28. The van der Waals surface area contributed by atoms with Crippen LogP contribution in [0.2, 0.25) is 0 Å². The van der Waals surface area contributed by atoms with Crippen molar-refractivity contribution in [2.24, 2.45) is 0 Å². The van der Waals surface area contributed by atoms with E-state index >= 15 is 0 Å². The van der Waals surface area contributed by atoms with Gasteiger partial charge in [0.1, 0.15) is 6.29 Å². The summed E-state index contributed by atoms with van der Waals surface area (Å²) in [6, 6.07) is 7.80. The zero-order chi connectivity index (χ0) is 10.6. The van der Waals surface area contributed by atoms with Gasteiger partial charge in [-0.3, -0.25) is 0 Å².